The van der Waals surface area contributed by atoms with E-state index in [2.05, 4.69) is 93.9 Å². The lowest BCUT2D eigenvalue weighted by molar-refractivity contribution is 0.755. The Morgan fingerprint density at radius 2 is 1.25 bits per heavy atom. The highest BCUT2D eigenvalue weighted by atomic mass is 14.9. The molecule has 1 heterocycles. The summed E-state index contributed by atoms with van der Waals surface area (Å²) in [6.45, 7) is 12.9. The molecule has 130 valence electrons. The number of rotatable bonds is 2. The quantitative estimate of drug-likeness (QED) is 0.472. The van der Waals surface area contributed by atoms with Crippen LogP contribution in [0, 0.1) is 0 Å². The Bertz CT molecular complexity index is 705. The molecule has 0 atom stereocenters. The van der Waals surface area contributed by atoms with Crippen LogP contribution in [0.1, 0.15) is 64.6 Å². The molecular weight excluding hydrogens is 290 g/mol. The van der Waals surface area contributed by atoms with Crippen molar-refractivity contribution < 1.29 is 0 Å². The summed E-state index contributed by atoms with van der Waals surface area (Å²) in [5.74, 6) is 1.25. The fraction of sp³-hybridized carbons (Fsp3) is 0.391. The highest BCUT2D eigenvalue weighted by Gasteiger charge is 2.07. The van der Waals surface area contributed by atoms with Crippen molar-refractivity contribution in [2.24, 2.45) is 7.05 Å². The van der Waals surface area contributed by atoms with Gasteiger partial charge >= 0.3 is 0 Å². The van der Waals surface area contributed by atoms with Gasteiger partial charge in [0.15, 0.2) is 0 Å². The number of aryl methyl sites for hydroxylation is 1. The van der Waals surface area contributed by atoms with E-state index in [1.165, 1.54) is 22.2 Å². The number of hydrogen-bond acceptors (Lipinski definition) is 0. The summed E-state index contributed by atoms with van der Waals surface area (Å²) in [4.78, 5) is 0. The first-order valence-electron chi connectivity index (χ1n) is 9.10. The standard InChI is InChI=1S/C12H15N.C9H12.C2H6/c1-9(2)12-8-10-6-4-5-7-11(10)13(12)3;1-8(2)9-6-4-3-5-7-9;1-2/h4-9H,1-3H3;3-8H,1-2H3;1-2H3. The molecule has 3 rings (SSSR count). The normalized spacial score (nSPS) is 10.2. The second kappa shape index (κ2) is 9.97. The largest absolute Gasteiger partial charge is 0.347 e. The number of aromatic nitrogens is 1. The molecule has 0 saturated carbocycles. The molecule has 3 aromatic rings. The summed E-state index contributed by atoms with van der Waals surface area (Å²) in [7, 11) is 2.14. The molecule has 0 N–H and O–H groups in total. The van der Waals surface area contributed by atoms with Crippen molar-refractivity contribution in [1.82, 2.24) is 4.57 Å². The van der Waals surface area contributed by atoms with Gasteiger partial charge in [-0.2, -0.15) is 0 Å². The van der Waals surface area contributed by atoms with Crippen LogP contribution in [-0.4, -0.2) is 4.57 Å². The Morgan fingerprint density at radius 1 is 0.708 bits per heavy atom. The van der Waals surface area contributed by atoms with Crippen LogP contribution < -0.4 is 0 Å². The molecule has 0 radical (unpaired) electrons. The summed E-state index contributed by atoms with van der Waals surface area (Å²) in [5, 5.41) is 1.34. The third kappa shape index (κ3) is 5.26. The number of benzene rings is 2. The topological polar surface area (TPSA) is 4.93 Å². The van der Waals surface area contributed by atoms with Crippen LogP contribution in [0.15, 0.2) is 60.7 Å². The van der Waals surface area contributed by atoms with Gasteiger partial charge in [-0.15, -0.1) is 0 Å². The first kappa shape index (κ1) is 20.0. The molecular formula is C23H33N. The van der Waals surface area contributed by atoms with Gasteiger partial charge in [-0.05, 0) is 34.9 Å². The van der Waals surface area contributed by atoms with Gasteiger partial charge in [-0.1, -0.05) is 90.1 Å². The van der Waals surface area contributed by atoms with E-state index >= 15 is 0 Å². The minimum absolute atomic E-state index is 0.595. The van der Waals surface area contributed by atoms with E-state index in [1.807, 2.05) is 19.9 Å². The first-order chi connectivity index (χ1) is 11.5. The number of hydrogen-bond donors (Lipinski definition) is 0. The predicted molar refractivity (Wildman–Crippen MR) is 109 cm³/mol. The smallest absolute Gasteiger partial charge is 0.0479 e. The van der Waals surface area contributed by atoms with Gasteiger partial charge in [0.25, 0.3) is 0 Å². The molecule has 0 unspecified atom stereocenters. The maximum absolute atomic E-state index is 2.28. The van der Waals surface area contributed by atoms with Gasteiger partial charge in [0.1, 0.15) is 0 Å². The van der Waals surface area contributed by atoms with Crippen molar-refractivity contribution in [3.05, 3.63) is 71.9 Å². The summed E-state index contributed by atoms with van der Waals surface area (Å²) in [5.41, 5.74) is 4.14. The van der Waals surface area contributed by atoms with Crippen molar-refractivity contribution in [2.75, 3.05) is 0 Å². The second-order valence-electron chi connectivity index (χ2n) is 6.41. The van der Waals surface area contributed by atoms with Crippen molar-refractivity contribution in [1.29, 1.82) is 0 Å². The fourth-order valence-electron chi connectivity index (χ4n) is 2.70. The molecule has 2 aromatic carbocycles. The van der Waals surface area contributed by atoms with Crippen molar-refractivity contribution in [3.63, 3.8) is 0 Å². The van der Waals surface area contributed by atoms with E-state index in [-0.39, 0.29) is 0 Å². The zero-order valence-corrected chi connectivity index (χ0v) is 16.4. The lowest BCUT2D eigenvalue weighted by Gasteiger charge is -2.06. The Morgan fingerprint density at radius 3 is 1.71 bits per heavy atom. The van der Waals surface area contributed by atoms with E-state index in [0.29, 0.717) is 11.8 Å². The third-order valence-corrected chi connectivity index (χ3v) is 4.05. The van der Waals surface area contributed by atoms with Crippen LogP contribution in [-0.2, 0) is 7.05 Å². The molecule has 0 aliphatic carbocycles. The molecule has 24 heavy (non-hydrogen) atoms. The van der Waals surface area contributed by atoms with Gasteiger partial charge < -0.3 is 4.57 Å². The number of nitrogens with zero attached hydrogens (tertiary/aromatic N) is 1. The van der Waals surface area contributed by atoms with Crippen molar-refractivity contribution in [2.45, 2.75) is 53.4 Å². The molecule has 0 saturated heterocycles. The fourth-order valence-corrected chi connectivity index (χ4v) is 2.70. The molecule has 0 aliphatic heterocycles. The summed E-state index contributed by atoms with van der Waals surface area (Å²) in [6.07, 6.45) is 0. The number of para-hydroxylation sites is 1. The molecule has 0 bridgehead atoms. The molecule has 1 nitrogen and oxygen atoms in total. The maximum Gasteiger partial charge on any atom is 0.0479 e. The average Bonchev–Trinajstić information content (AvgIpc) is 2.96. The van der Waals surface area contributed by atoms with Gasteiger partial charge in [0.2, 0.25) is 0 Å². The molecule has 1 aromatic heterocycles. The molecule has 0 spiro atoms. The van der Waals surface area contributed by atoms with E-state index < -0.39 is 0 Å². The van der Waals surface area contributed by atoms with Crippen molar-refractivity contribution in [3.8, 4) is 0 Å². The number of fused-ring (bicyclic) bond motifs is 1. The van der Waals surface area contributed by atoms with Crippen LogP contribution in [0.4, 0.5) is 0 Å². The minimum Gasteiger partial charge on any atom is -0.347 e. The summed E-state index contributed by atoms with van der Waals surface area (Å²) < 4.78 is 2.28. The minimum atomic E-state index is 0.595. The highest BCUT2D eigenvalue weighted by Crippen LogP contribution is 2.23. The van der Waals surface area contributed by atoms with Crippen LogP contribution in [0.5, 0.6) is 0 Å². The highest BCUT2D eigenvalue weighted by molar-refractivity contribution is 5.81. The zero-order valence-electron chi connectivity index (χ0n) is 16.4. The molecule has 0 amide bonds. The summed E-state index contributed by atoms with van der Waals surface area (Å²) in [6, 6.07) is 21.3. The zero-order chi connectivity index (χ0) is 18.1. The Labute approximate surface area is 148 Å². The van der Waals surface area contributed by atoms with Crippen LogP contribution in [0.25, 0.3) is 10.9 Å². The molecule has 0 fully saturated rings. The van der Waals surface area contributed by atoms with E-state index in [9.17, 15) is 0 Å². The maximum atomic E-state index is 2.28. The van der Waals surface area contributed by atoms with Gasteiger partial charge in [0.05, 0.1) is 0 Å². The van der Waals surface area contributed by atoms with Crippen LogP contribution in [0.3, 0.4) is 0 Å². The molecule has 1 heteroatoms. The monoisotopic (exact) mass is 323 g/mol. The SMILES string of the molecule is CC.CC(C)c1cc2ccccc2n1C.CC(C)c1ccccc1. The van der Waals surface area contributed by atoms with Crippen LogP contribution in [0.2, 0.25) is 0 Å². The Balaban J connectivity index is 0.000000230. The van der Waals surface area contributed by atoms with Crippen LogP contribution >= 0.6 is 0 Å². The van der Waals surface area contributed by atoms with E-state index in [1.54, 1.807) is 0 Å². The second-order valence-corrected chi connectivity index (χ2v) is 6.41. The lowest BCUT2D eigenvalue weighted by Crippen LogP contribution is -1.97. The van der Waals surface area contributed by atoms with Gasteiger partial charge in [-0.3, -0.25) is 0 Å². The lowest BCUT2D eigenvalue weighted by atomic mass is 10.0. The van der Waals surface area contributed by atoms with Crippen molar-refractivity contribution >= 4 is 10.9 Å². The first-order valence-corrected chi connectivity index (χ1v) is 9.10. The summed E-state index contributed by atoms with van der Waals surface area (Å²) >= 11 is 0. The molecule has 0 aliphatic rings. The van der Waals surface area contributed by atoms with Gasteiger partial charge in [-0.25, -0.2) is 0 Å². The predicted octanol–water partition coefficient (Wildman–Crippen LogP) is 7.14. The van der Waals surface area contributed by atoms with Gasteiger partial charge in [0, 0.05) is 18.3 Å². The Hall–Kier alpha value is -2.02. The Kier molecular flexibility index (Phi) is 8.32. The third-order valence-electron chi connectivity index (χ3n) is 4.05. The average molecular weight is 324 g/mol. The van der Waals surface area contributed by atoms with E-state index in [0.717, 1.165) is 0 Å². The van der Waals surface area contributed by atoms with E-state index in [4.69, 9.17) is 0 Å².